The number of nitrogens with one attached hydrogen (secondary N) is 5. The van der Waals surface area contributed by atoms with Crippen LogP contribution >= 0.6 is 0 Å². The molecule has 3 rings (SSSR count). The molecule has 0 aliphatic carbocycles. The normalized spacial score (nSPS) is 19.0. The van der Waals surface area contributed by atoms with Crippen molar-refractivity contribution >= 4 is 23.8 Å². The molecule has 4 atom stereocenters. The zero-order chi connectivity index (χ0) is 24.5. The third-order valence-corrected chi connectivity index (χ3v) is 5.24. The molecule has 0 saturated carbocycles. The molecule has 1 aliphatic rings. The molecule has 0 fully saturated rings. The van der Waals surface area contributed by atoms with Crippen molar-refractivity contribution in [3.05, 3.63) is 48.6 Å². The van der Waals surface area contributed by atoms with Crippen LogP contribution in [-0.2, 0) is 41.5 Å². The molecule has 13 nitrogen and oxygen atoms in total. The summed E-state index contributed by atoms with van der Waals surface area (Å²) in [7, 11) is 2.46. The van der Waals surface area contributed by atoms with E-state index in [-0.39, 0.29) is 12.8 Å². The van der Waals surface area contributed by atoms with Gasteiger partial charge in [-0.1, -0.05) is 12.2 Å². The first-order valence-electron chi connectivity index (χ1n) is 10.5. The second kappa shape index (κ2) is 11.7. The largest absolute Gasteiger partial charge is 0.467 e. The summed E-state index contributed by atoms with van der Waals surface area (Å²) in [6.45, 7) is 0. The third-order valence-electron chi connectivity index (χ3n) is 5.24. The van der Waals surface area contributed by atoms with Crippen molar-refractivity contribution in [2.45, 2.75) is 43.4 Å². The molecule has 0 spiro atoms. The van der Waals surface area contributed by atoms with E-state index in [1.54, 1.807) is 24.5 Å². The van der Waals surface area contributed by atoms with Crippen LogP contribution in [0.5, 0.6) is 0 Å². The summed E-state index contributed by atoms with van der Waals surface area (Å²) < 4.78 is 9.58. The molecule has 0 saturated heterocycles. The molecule has 4 unspecified atom stereocenters. The second-order valence-electron chi connectivity index (χ2n) is 7.59. The maximum absolute atomic E-state index is 12.9. The monoisotopic (exact) mass is 473 g/mol. The van der Waals surface area contributed by atoms with E-state index < -0.39 is 47.9 Å². The van der Waals surface area contributed by atoms with Gasteiger partial charge in [-0.05, 0) is 6.42 Å². The van der Waals surface area contributed by atoms with Gasteiger partial charge in [-0.2, -0.15) is 0 Å². The van der Waals surface area contributed by atoms with Crippen LogP contribution in [0.2, 0.25) is 0 Å². The maximum atomic E-state index is 12.9. The lowest BCUT2D eigenvalue weighted by Gasteiger charge is -2.28. The Labute approximate surface area is 195 Å². The number of carbonyl (C=O) groups excluding carboxylic acids is 4. The van der Waals surface area contributed by atoms with Crippen molar-refractivity contribution in [2.75, 3.05) is 14.2 Å². The summed E-state index contributed by atoms with van der Waals surface area (Å²) in [5.41, 5.74) is 1.29. The minimum atomic E-state index is -0.944. The molecule has 3 heterocycles. The molecule has 2 aromatic rings. The first-order valence-corrected chi connectivity index (χ1v) is 10.5. The summed E-state index contributed by atoms with van der Waals surface area (Å²) in [6, 6.07) is -3.53. The average molecular weight is 473 g/mol. The van der Waals surface area contributed by atoms with Gasteiger partial charge >= 0.3 is 11.9 Å². The lowest BCUT2D eigenvalue weighted by atomic mass is 10.0. The Balaban J connectivity index is 1.61. The predicted molar refractivity (Wildman–Crippen MR) is 117 cm³/mol. The smallest absolute Gasteiger partial charge is 0.328 e. The topological polar surface area (TPSA) is 180 Å². The number of imidazole rings is 2. The van der Waals surface area contributed by atoms with Crippen molar-refractivity contribution in [1.29, 1.82) is 0 Å². The van der Waals surface area contributed by atoms with Crippen LogP contribution in [0.25, 0.3) is 0 Å². The number of methoxy groups -OCH3 is 2. The molecular formula is C21H27N7O6. The summed E-state index contributed by atoms with van der Waals surface area (Å²) in [5, 5.41) is 8.24. The van der Waals surface area contributed by atoms with E-state index in [4.69, 9.17) is 9.47 Å². The number of esters is 2. The van der Waals surface area contributed by atoms with Crippen LogP contribution in [0.3, 0.4) is 0 Å². The Morgan fingerprint density at radius 1 is 0.941 bits per heavy atom. The first kappa shape index (κ1) is 24.6. The van der Waals surface area contributed by atoms with Crippen LogP contribution in [-0.4, -0.2) is 82.1 Å². The predicted octanol–water partition coefficient (Wildman–Crippen LogP) is -1.48. The van der Waals surface area contributed by atoms with E-state index in [1.807, 2.05) is 0 Å². The molecule has 34 heavy (non-hydrogen) atoms. The molecular weight excluding hydrogens is 446 g/mol. The molecule has 13 heteroatoms. The highest BCUT2D eigenvalue weighted by molar-refractivity contribution is 5.91. The Morgan fingerprint density at radius 2 is 1.47 bits per heavy atom. The van der Waals surface area contributed by atoms with Gasteiger partial charge in [-0.25, -0.2) is 19.6 Å². The Morgan fingerprint density at radius 3 is 1.94 bits per heavy atom. The highest BCUT2D eigenvalue weighted by atomic mass is 16.5. The van der Waals surface area contributed by atoms with Gasteiger partial charge in [0.05, 0.1) is 32.9 Å². The molecule has 0 radical (unpaired) electrons. The fourth-order valence-corrected chi connectivity index (χ4v) is 3.47. The number of ether oxygens (including phenoxy) is 2. The first-order chi connectivity index (χ1) is 16.4. The van der Waals surface area contributed by atoms with Gasteiger partial charge in [0.15, 0.2) is 0 Å². The molecule has 2 amide bonds. The van der Waals surface area contributed by atoms with Gasteiger partial charge in [0, 0.05) is 36.6 Å². The van der Waals surface area contributed by atoms with E-state index >= 15 is 0 Å². The number of hydrogen-bond acceptors (Lipinski definition) is 9. The summed E-state index contributed by atoms with van der Waals surface area (Å²) >= 11 is 0. The number of carbonyl (C=O) groups is 4. The number of H-pyrrole nitrogens is 2. The SMILES string of the molecule is COC(=O)C(Cc1cnc[nH]1)NC(=O)C1C=CCC(C(=O)NC(Cc2cnc[nH]2)C(=O)OC)N1. The Kier molecular flexibility index (Phi) is 8.51. The van der Waals surface area contributed by atoms with Crippen molar-refractivity contribution in [1.82, 2.24) is 35.9 Å². The zero-order valence-corrected chi connectivity index (χ0v) is 18.7. The number of hydrogen-bond donors (Lipinski definition) is 5. The van der Waals surface area contributed by atoms with E-state index in [0.29, 0.717) is 17.8 Å². The number of amides is 2. The van der Waals surface area contributed by atoms with E-state index in [1.165, 1.54) is 26.9 Å². The summed E-state index contributed by atoms with van der Waals surface area (Å²) in [6.07, 6.45) is 9.95. The highest BCUT2D eigenvalue weighted by Crippen LogP contribution is 2.09. The van der Waals surface area contributed by atoms with Crippen molar-refractivity contribution in [3.63, 3.8) is 0 Å². The second-order valence-corrected chi connectivity index (χ2v) is 7.59. The zero-order valence-electron chi connectivity index (χ0n) is 18.7. The van der Waals surface area contributed by atoms with E-state index in [0.717, 1.165) is 0 Å². The van der Waals surface area contributed by atoms with Crippen molar-refractivity contribution in [3.8, 4) is 0 Å². The molecule has 5 N–H and O–H groups in total. The van der Waals surface area contributed by atoms with E-state index in [2.05, 4.69) is 35.9 Å². The highest BCUT2D eigenvalue weighted by Gasteiger charge is 2.32. The third kappa shape index (κ3) is 6.51. The summed E-state index contributed by atoms with van der Waals surface area (Å²) in [5.74, 6) is -2.20. The molecule has 182 valence electrons. The lowest BCUT2D eigenvalue weighted by Crippen LogP contribution is -2.58. The number of nitrogens with zero attached hydrogens (tertiary/aromatic N) is 2. The number of aromatic amines is 2. The van der Waals surface area contributed by atoms with Gasteiger partial charge in [-0.15, -0.1) is 0 Å². The fraction of sp³-hybridized carbons (Fsp3) is 0.429. The lowest BCUT2D eigenvalue weighted by molar-refractivity contribution is -0.145. The van der Waals surface area contributed by atoms with Gasteiger partial charge in [-0.3, -0.25) is 14.9 Å². The number of rotatable bonds is 10. The Hall–Kier alpha value is -4.00. The minimum absolute atomic E-state index is 0.160. The molecule has 1 aliphatic heterocycles. The van der Waals surface area contributed by atoms with Crippen LogP contribution in [0.1, 0.15) is 17.8 Å². The van der Waals surface area contributed by atoms with Crippen LogP contribution in [0.15, 0.2) is 37.2 Å². The van der Waals surface area contributed by atoms with Crippen molar-refractivity contribution in [2.24, 2.45) is 0 Å². The van der Waals surface area contributed by atoms with E-state index in [9.17, 15) is 19.2 Å². The fourth-order valence-electron chi connectivity index (χ4n) is 3.47. The maximum Gasteiger partial charge on any atom is 0.328 e. The van der Waals surface area contributed by atoms with Crippen LogP contribution < -0.4 is 16.0 Å². The van der Waals surface area contributed by atoms with Crippen molar-refractivity contribution < 1.29 is 28.7 Å². The van der Waals surface area contributed by atoms with Gasteiger partial charge in [0.1, 0.15) is 18.1 Å². The van der Waals surface area contributed by atoms with Crippen LogP contribution in [0.4, 0.5) is 0 Å². The van der Waals surface area contributed by atoms with Gasteiger partial charge in [0.25, 0.3) is 0 Å². The van der Waals surface area contributed by atoms with Crippen LogP contribution in [0, 0.1) is 0 Å². The van der Waals surface area contributed by atoms with Gasteiger partial charge < -0.3 is 30.1 Å². The standard InChI is InChI=1S/C21H27N7O6/c1-33-20(31)16(6-12-8-22-10-24-12)27-18(29)14-4-3-5-15(26-14)19(30)28-17(21(32)34-2)7-13-9-23-11-25-13/h3-4,8-11,14-17,26H,5-7H2,1-2H3,(H,22,24)(H,23,25)(H,27,29)(H,28,30). The minimum Gasteiger partial charge on any atom is -0.467 e. The average Bonchev–Trinajstić information content (AvgIpc) is 3.56. The van der Waals surface area contributed by atoms with Gasteiger partial charge in [0.2, 0.25) is 11.8 Å². The molecule has 0 bridgehead atoms. The molecule has 2 aromatic heterocycles. The summed E-state index contributed by atoms with van der Waals surface area (Å²) in [4.78, 5) is 63.5. The quantitative estimate of drug-likeness (QED) is 0.203. The number of aromatic nitrogens is 4. The molecule has 0 aromatic carbocycles. The Bertz CT molecular complexity index is 1000.